The number of nitrogens with zero attached hydrogens (tertiary/aromatic N) is 3. The Labute approximate surface area is 233 Å². The Hall–Kier alpha value is -3.86. The molecule has 214 valence electrons. The van der Waals surface area contributed by atoms with Crippen LogP contribution in [0.4, 0.5) is 0 Å². The number of fused-ring (bicyclic) bond motifs is 2. The zero-order valence-electron chi connectivity index (χ0n) is 23.8. The van der Waals surface area contributed by atoms with Gasteiger partial charge >= 0.3 is 11.7 Å². The number of aromatic nitrogens is 3. The largest absolute Gasteiger partial charge is 0.466 e. The molecular formula is C29H36N4O6S. The number of ether oxygens (including phenoxy) is 1. The second-order valence-corrected chi connectivity index (χ2v) is 12.1. The summed E-state index contributed by atoms with van der Waals surface area (Å²) in [6.07, 6.45) is 4.15. The molecule has 0 aliphatic heterocycles. The average Bonchev–Trinajstić information content (AvgIpc) is 3.31. The van der Waals surface area contributed by atoms with Crippen LogP contribution in [0.5, 0.6) is 0 Å². The topological polar surface area (TPSA) is 121 Å². The first-order valence-corrected chi connectivity index (χ1v) is 15.2. The lowest BCUT2D eigenvalue weighted by molar-refractivity contribution is -0.144. The molecule has 0 saturated carbocycles. The summed E-state index contributed by atoms with van der Waals surface area (Å²) in [5.41, 5.74) is 5.07. The quantitative estimate of drug-likeness (QED) is 0.289. The number of benzene rings is 2. The highest BCUT2D eigenvalue weighted by molar-refractivity contribution is 7.89. The smallest absolute Gasteiger partial charge is 0.329 e. The van der Waals surface area contributed by atoms with Crippen LogP contribution >= 0.6 is 0 Å². The molecule has 0 aliphatic carbocycles. The SMILES string of the molecule is CCC[C@@H](CC(=O)OCC)n1c(=O)n(Cc2cn(C)c3cc(C)cc(C)c23)c2ccc(C(=O)NS(C)(=O)=O)cc21. The Morgan fingerprint density at radius 1 is 1.05 bits per heavy atom. The van der Waals surface area contributed by atoms with Crippen LogP contribution in [0.15, 0.2) is 41.3 Å². The number of aryl methyl sites for hydroxylation is 3. The van der Waals surface area contributed by atoms with E-state index in [2.05, 4.69) is 12.1 Å². The Kier molecular flexibility index (Phi) is 8.25. The third-order valence-electron chi connectivity index (χ3n) is 7.04. The lowest BCUT2D eigenvalue weighted by Crippen LogP contribution is -2.30. The predicted octanol–water partition coefficient (Wildman–Crippen LogP) is 3.94. The Balaban J connectivity index is 1.93. The van der Waals surface area contributed by atoms with Gasteiger partial charge in [-0.2, -0.15) is 0 Å². The molecule has 0 bridgehead atoms. The minimum absolute atomic E-state index is 0.00683. The third-order valence-corrected chi connectivity index (χ3v) is 7.59. The van der Waals surface area contributed by atoms with Crippen molar-refractivity contribution in [3.05, 3.63) is 69.3 Å². The minimum atomic E-state index is -3.79. The second kappa shape index (κ2) is 11.3. The van der Waals surface area contributed by atoms with Crippen molar-refractivity contribution in [2.45, 2.75) is 59.5 Å². The van der Waals surface area contributed by atoms with Crippen LogP contribution in [0.2, 0.25) is 0 Å². The minimum Gasteiger partial charge on any atom is -0.466 e. The number of rotatable bonds is 10. The maximum absolute atomic E-state index is 14.1. The first-order valence-electron chi connectivity index (χ1n) is 13.3. The van der Waals surface area contributed by atoms with Gasteiger partial charge in [0.15, 0.2) is 0 Å². The van der Waals surface area contributed by atoms with E-state index in [-0.39, 0.29) is 30.8 Å². The lowest BCUT2D eigenvalue weighted by atomic mass is 10.0. The van der Waals surface area contributed by atoms with Crippen molar-refractivity contribution in [2.75, 3.05) is 12.9 Å². The summed E-state index contributed by atoms with van der Waals surface area (Å²) in [5, 5.41) is 1.07. The summed E-state index contributed by atoms with van der Waals surface area (Å²) in [7, 11) is -1.82. The summed E-state index contributed by atoms with van der Waals surface area (Å²) < 4.78 is 35.8. The molecule has 11 heteroatoms. The highest BCUT2D eigenvalue weighted by Crippen LogP contribution is 2.29. The van der Waals surface area contributed by atoms with E-state index in [1.165, 1.54) is 12.1 Å². The van der Waals surface area contributed by atoms with Gasteiger partial charge in [0.05, 0.1) is 36.9 Å². The van der Waals surface area contributed by atoms with Crippen molar-refractivity contribution in [3.8, 4) is 0 Å². The van der Waals surface area contributed by atoms with Crippen LogP contribution in [-0.2, 0) is 33.1 Å². The first kappa shape index (κ1) is 29.1. The van der Waals surface area contributed by atoms with E-state index in [0.717, 1.165) is 33.8 Å². The monoisotopic (exact) mass is 568 g/mol. The number of esters is 1. The normalized spacial score (nSPS) is 12.7. The van der Waals surface area contributed by atoms with Crippen molar-refractivity contribution in [1.29, 1.82) is 0 Å². The molecule has 0 radical (unpaired) electrons. The molecule has 2 heterocycles. The number of amides is 1. The van der Waals surface area contributed by atoms with Gasteiger partial charge in [-0.1, -0.05) is 19.4 Å². The molecule has 1 atom stereocenters. The Morgan fingerprint density at radius 3 is 2.42 bits per heavy atom. The lowest BCUT2D eigenvalue weighted by Gasteiger charge is -2.17. The fourth-order valence-electron chi connectivity index (χ4n) is 5.52. The zero-order chi connectivity index (χ0) is 29.4. The number of carbonyl (C=O) groups is 2. The Morgan fingerprint density at radius 2 is 1.77 bits per heavy atom. The molecule has 2 aromatic heterocycles. The number of imidazole rings is 1. The molecule has 1 N–H and O–H groups in total. The van der Waals surface area contributed by atoms with Crippen LogP contribution in [0.3, 0.4) is 0 Å². The van der Waals surface area contributed by atoms with E-state index in [1.807, 2.05) is 43.3 Å². The summed E-state index contributed by atoms with van der Waals surface area (Å²) >= 11 is 0. The van der Waals surface area contributed by atoms with E-state index in [1.54, 1.807) is 22.1 Å². The average molecular weight is 569 g/mol. The number of sulfonamides is 1. The molecule has 0 unspecified atom stereocenters. The van der Waals surface area contributed by atoms with Gasteiger partial charge in [0, 0.05) is 35.8 Å². The predicted molar refractivity (Wildman–Crippen MR) is 155 cm³/mol. The molecule has 2 aromatic carbocycles. The molecule has 40 heavy (non-hydrogen) atoms. The number of hydrogen-bond acceptors (Lipinski definition) is 6. The summed E-state index contributed by atoms with van der Waals surface area (Å²) in [5.74, 6) is -1.21. The van der Waals surface area contributed by atoms with Crippen molar-refractivity contribution in [2.24, 2.45) is 7.05 Å². The van der Waals surface area contributed by atoms with Gasteiger partial charge in [0.1, 0.15) is 0 Å². The maximum Gasteiger partial charge on any atom is 0.329 e. The number of hydrogen-bond donors (Lipinski definition) is 1. The Bertz CT molecular complexity index is 1780. The van der Waals surface area contributed by atoms with Crippen molar-refractivity contribution >= 4 is 43.8 Å². The van der Waals surface area contributed by atoms with Gasteiger partial charge in [-0.25, -0.2) is 17.9 Å². The molecule has 10 nitrogen and oxygen atoms in total. The van der Waals surface area contributed by atoms with Crippen molar-refractivity contribution in [3.63, 3.8) is 0 Å². The number of carbonyl (C=O) groups excluding carboxylic acids is 2. The second-order valence-electron chi connectivity index (χ2n) is 10.3. The van der Waals surface area contributed by atoms with Crippen LogP contribution in [0.1, 0.15) is 66.2 Å². The molecule has 1 amide bonds. The van der Waals surface area contributed by atoms with Gasteiger partial charge in [0.2, 0.25) is 10.0 Å². The van der Waals surface area contributed by atoms with Gasteiger partial charge in [-0.3, -0.25) is 18.7 Å². The van der Waals surface area contributed by atoms with Crippen molar-refractivity contribution < 1.29 is 22.7 Å². The molecule has 4 rings (SSSR count). The van der Waals surface area contributed by atoms with E-state index < -0.39 is 27.9 Å². The van der Waals surface area contributed by atoms with Crippen LogP contribution in [-0.4, -0.2) is 46.9 Å². The molecule has 0 spiro atoms. The van der Waals surface area contributed by atoms with Crippen molar-refractivity contribution in [1.82, 2.24) is 18.4 Å². The highest BCUT2D eigenvalue weighted by Gasteiger charge is 2.25. The summed E-state index contributed by atoms with van der Waals surface area (Å²) in [6.45, 7) is 8.29. The van der Waals surface area contributed by atoms with Gasteiger partial charge in [-0.05, 0) is 68.1 Å². The zero-order valence-corrected chi connectivity index (χ0v) is 24.6. The fourth-order valence-corrected chi connectivity index (χ4v) is 5.98. The summed E-state index contributed by atoms with van der Waals surface area (Å²) in [6, 6.07) is 8.38. The highest BCUT2D eigenvalue weighted by atomic mass is 32.2. The molecule has 4 aromatic rings. The fraction of sp³-hybridized carbons (Fsp3) is 0.414. The van der Waals surface area contributed by atoms with Crippen LogP contribution in [0, 0.1) is 13.8 Å². The standard InChI is InChI=1S/C29H36N4O6S/c1-7-9-22(15-26(34)39-8-2)33-24-14-20(28(35)30-40(6,37)38)10-11-23(24)32(29(33)36)17-21-16-31(5)25-13-18(3)12-19(4)27(21)25/h10-14,16,22H,7-9,15,17H2,1-6H3,(H,30,35)/t22-/m0/s1. The van der Waals surface area contributed by atoms with Gasteiger partial charge < -0.3 is 9.30 Å². The van der Waals surface area contributed by atoms with E-state index in [0.29, 0.717) is 23.9 Å². The van der Waals surface area contributed by atoms with E-state index in [4.69, 9.17) is 4.74 Å². The van der Waals surface area contributed by atoms with E-state index in [9.17, 15) is 22.8 Å². The first-order chi connectivity index (χ1) is 18.8. The number of nitrogens with one attached hydrogen (secondary N) is 1. The summed E-state index contributed by atoms with van der Waals surface area (Å²) in [4.78, 5) is 39.3. The van der Waals surface area contributed by atoms with Gasteiger partial charge in [0.25, 0.3) is 5.91 Å². The van der Waals surface area contributed by atoms with Crippen LogP contribution < -0.4 is 10.4 Å². The maximum atomic E-state index is 14.1. The van der Waals surface area contributed by atoms with Crippen LogP contribution in [0.25, 0.3) is 21.9 Å². The molecule has 0 saturated heterocycles. The molecule has 0 aliphatic rings. The third kappa shape index (κ3) is 5.84. The molecule has 0 fully saturated rings. The van der Waals surface area contributed by atoms with Gasteiger partial charge in [-0.15, -0.1) is 0 Å². The molecular weight excluding hydrogens is 532 g/mol. The van der Waals surface area contributed by atoms with E-state index >= 15 is 0 Å².